The maximum atomic E-state index is 12.7. The summed E-state index contributed by atoms with van der Waals surface area (Å²) in [7, 11) is -1.70. The lowest BCUT2D eigenvalue weighted by atomic mass is 10.2. The standard InChI is InChI=1S/C15H28N2O2S2/c1-7-8-13(5)17(6)21(18,19)15-9-12(4)14(20-15)10-16-11(2)3/h9,11,13,16H,7-8,10H2,1-6H3. The van der Waals surface area contributed by atoms with Crippen molar-refractivity contribution >= 4 is 21.4 Å². The van der Waals surface area contributed by atoms with Crippen molar-refractivity contribution in [1.82, 2.24) is 9.62 Å². The van der Waals surface area contributed by atoms with E-state index in [4.69, 9.17) is 0 Å². The lowest BCUT2D eigenvalue weighted by Gasteiger charge is -2.23. The smallest absolute Gasteiger partial charge is 0.252 e. The van der Waals surface area contributed by atoms with Crippen LogP contribution in [-0.2, 0) is 16.6 Å². The van der Waals surface area contributed by atoms with Crippen molar-refractivity contribution in [2.75, 3.05) is 7.05 Å². The first-order valence-electron chi connectivity index (χ1n) is 7.50. The van der Waals surface area contributed by atoms with Crippen LogP contribution in [0.25, 0.3) is 0 Å². The Morgan fingerprint density at radius 1 is 1.33 bits per heavy atom. The van der Waals surface area contributed by atoms with Crippen molar-refractivity contribution in [3.05, 3.63) is 16.5 Å². The van der Waals surface area contributed by atoms with Gasteiger partial charge in [0.25, 0.3) is 10.0 Å². The Morgan fingerprint density at radius 3 is 2.48 bits per heavy atom. The Bertz CT molecular complexity index is 550. The zero-order chi connectivity index (χ0) is 16.2. The lowest BCUT2D eigenvalue weighted by Crippen LogP contribution is -2.34. The van der Waals surface area contributed by atoms with Gasteiger partial charge in [-0.25, -0.2) is 8.42 Å². The maximum absolute atomic E-state index is 12.7. The Hall–Kier alpha value is -0.430. The molecule has 1 aromatic heterocycles. The largest absolute Gasteiger partial charge is 0.310 e. The van der Waals surface area contributed by atoms with E-state index < -0.39 is 10.0 Å². The molecular weight excluding hydrogens is 304 g/mol. The summed E-state index contributed by atoms with van der Waals surface area (Å²) in [6, 6.07) is 2.21. The van der Waals surface area contributed by atoms with Gasteiger partial charge in [-0.1, -0.05) is 27.2 Å². The van der Waals surface area contributed by atoms with Crippen molar-refractivity contribution in [3.63, 3.8) is 0 Å². The summed E-state index contributed by atoms with van der Waals surface area (Å²) in [5.41, 5.74) is 1.04. The van der Waals surface area contributed by atoms with Crippen LogP contribution in [0.4, 0.5) is 0 Å². The maximum Gasteiger partial charge on any atom is 0.252 e. The number of hydrogen-bond donors (Lipinski definition) is 1. The van der Waals surface area contributed by atoms with Crippen LogP contribution in [0.3, 0.4) is 0 Å². The molecule has 1 heterocycles. The molecule has 0 bridgehead atoms. The summed E-state index contributed by atoms with van der Waals surface area (Å²) >= 11 is 1.38. The minimum absolute atomic E-state index is 0.0274. The molecule has 122 valence electrons. The van der Waals surface area contributed by atoms with Gasteiger partial charge in [-0.2, -0.15) is 4.31 Å². The van der Waals surface area contributed by atoms with Crippen LogP contribution >= 0.6 is 11.3 Å². The number of hydrogen-bond acceptors (Lipinski definition) is 4. The second-order valence-corrected chi connectivity index (χ2v) is 9.23. The van der Waals surface area contributed by atoms with E-state index in [0.717, 1.165) is 29.8 Å². The Balaban J connectivity index is 2.96. The van der Waals surface area contributed by atoms with E-state index in [9.17, 15) is 8.42 Å². The van der Waals surface area contributed by atoms with Crippen LogP contribution in [0.1, 0.15) is 51.0 Å². The Labute approximate surface area is 133 Å². The summed E-state index contributed by atoms with van der Waals surface area (Å²) in [6.07, 6.45) is 1.86. The Morgan fingerprint density at radius 2 is 1.95 bits per heavy atom. The predicted octanol–water partition coefficient (Wildman–Crippen LogP) is 3.36. The molecule has 1 unspecified atom stereocenters. The van der Waals surface area contributed by atoms with Crippen LogP contribution in [0, 0.1) is 6.92 Å². The summed E-state index contributed by atoms with van der Waals surface area (Å²) in [5, 5.41) is 3.34. The first-order valence-corrected chi connectivity index (χ1v) is 9.76. The molecule has 1 atom stereocenters. The van der Waals surface area contributed by atoms with Crippen molar-refractivity contribution in [2.24, 2.45) is 0 Å². The number of nitrogens with one attached hydrogen (secondary N) is 1. The van der Waals surface area contributed by atoms with Gasteiger partial charge in [0, 0.05) is 30.6 Å². The van der Waals surface area contributed by atoms with Gasteiger partial charge >= 0.3 is 0 Å². The molecule has 21 heavy (non-hydrogen) atoms. The average Bonchev–Trinajstić information content (AvgIpc) is 2.77. The van der Waals surface area contributed by atoms with Gasteiger partial charge in [-0.05, 0) is 31.9 Å². The average molecular weight is 333 g/mol. The van der Waals surface area contributed by atoms with Crippen LogP contribution < -0.4 is 5.32 Å². The van der Waals surface area contributed by atoms with Crippen LogP contribution in [0.15, 0.2) is 10.3 Å². The zero-order valence-electron chi connectivity index (χ0n) is 13.9. The van der Waals surface area contributed by atoms with Crippen molar-refractivity contribution in [2.45, 2.75) is 70.3 Å². The number of sulfonamides is 1. The fourth-order valence-electron chi connectivity index (χ4n) is 2.07. The zero-order valence-corrected chi connectivity index (χ0v) is 15.6. The first kappa shape index (κ1) is 18.6. The number of nitrogens with zero attached hydrogens (tertiary/aromatic N) is 1. The molecule has 0 saturated heterocycles. The SMILES string of the molecule is CCCC(C)N(C)S(=O)(=O)c1cc(C)c(CNC(C)C)s1. The Kier molecular flexibility index (Phi) is 6.84. The van der Waals surface area contributed by atoms with Gasteiger partial charge < -0.3 is 5.32 Å². The third-order valence-corrected chi connectivity index (χ3v) is 7.29. The predicted molar refractivity (Wildman–Crippen MR) is 90.4 cm³/mol. The van der Waals surface area contributed by atoms with E-state index in [1.165, 1.54) is 15.6 Å². The minimum Gasteiger partial charge on any atom is -0.310 e. The molecule has 0 radical (unpaired) electrons. The number of thiophene rings is 1. The molecule has 0 aliphatic heterocycles. The summed E-state index contributed by atoms with van der Waals surface area (Å²) in [6.45, 7) is 10.9. The number of rotatable bonds is 8. The third kappa shape index (κ3) is 4.77. The van der Waals surface area contributed by atoms with E-state index in [0.29, 0.717) is 10.3 Å². The highest BCUT2D eigenvalue weighted by atomic mass is 32.2. The van der Waals surface area contributed by atoms with Crippen molar-refractivity contribution in [1.29, 1.82) is 0 Å². The summed E-state index contributed by atoms with van der Waals surface area (Å²) in [4.78, 5) is 1.10. The van der Waals surface area contributed by atoms with Crippen LogP contribution in [0.2, 0.25) is 0 Å². The van der Waals surface area contributed by atoms with E-state index in [-0.39, 0.29) is 6.04 Å². The first-order chi connectivity index (χ1) is 9.70. The molecule has 1 aromatic rings. The highest BCUT2D eigenvalue weighted by molar-refractivity contribution is 7.91. The molecule has 0 aromatic carbocycles. The molecule has 0 saturated carbocycles. The molecule has 0 aliphatic carbocycles. The molecule has 6 heteroatoms. The van der Waals surface area contributed by atoms with Gasteiger partial charge in [-0.3, -0.25) is 0 Å². The van der Waals surface area contributed by atoms with E-state index >= 15 is 0 Å². The van der Waals surface area contributed by atoms with Crippen molar-refractivity contribution < 1.29 is 8.42 Å². The fraction of sp³-hybridized carbons (Fsp3) is 0.733. The fourth-order valence-corrected chi connectivity index (χ4v) is 5.18. The monoisotopic (exact) mass is 332 g/mol. The molecule has 0 amide bonds. The van der Waals surface area contributed by atoms with Crippen LogP contribution in [-0.4, -0.2) is 31.9 Å². The highest BCUT2D eigenvalue weighted by Crippen LogP contribution is 2.29. The normalized spacial score (nSPS) is 14.1. The van der Waals surface area contributed by atoms with Gasteiger partial charge in [-0.15, -0.1) is 11.3 Å². The molecule has 4 nitrogen and oxygen atoms in total. The topological polar surface area (TPSA) is 49.4 Å². The van der Waals surface area contributed by atoms with Gasteiger partial charge in [0.05, 0.1) is 0 Å². The molecule has 1 N–H and O–H groups in total. The highest BCUT2D eigenvalue weighted by Gasteiger charge is 2.27. The molecule has 0 aliphatic rings. The van der Waals surface area contributed by atoms with Crippen LogP contribution in [0.5, 0.6) is 0 Å². The molecule has 0 fully saturated rings. The van der Waals surface area contributed by atoms with E-state index in [2.05, 4.69) is 26.1 Å². The number of aryl methyl sites for hydroxylation is 1. The quantitative estimate of drug-likeness (QED) is 0.794. The second kappa shape index (κ2) is 7.72. The second-order valence-electron chi connectivity index (χ2n) is 5.87. The van der Waals surface area contributed by atoms with E-state index in [1.54, 1.807) is 13.1 Å². The molecule has 0 spiro atoms. The lowest BCUT2D eigenvalue weighted by molar-refractivity contribution is 0.369. The van der Waals surface area contributed by atoms with Gasteiger partial charge in [0.1, 0.15) is 4.21 Å². The van der Waals surface area contributed by atoms with Gasteiger partial charge in [0.15, 0.2) is 0 Å². The van der Waals surface area contributed by atoms with E-state index in [1.807, 2.05) is 13.8 Å². The van der Waals surface area contributed by atoms with Gasteiger partial charge in [0.2, 0.25) is 0 Å². The minimum atomic E-state index is -3.38. The third-order valence-electron chi connectivity index (χ3n) is 3.63. The molecular formula is C15H28N2O2S2. The van der Waals surface area contributed by atoms with Crippen molar-refractivity contribution in [3.8, 4) is 0 Å². The summed E-state index contributed by atoms with van der Waals surface area (Å²) in [5.74, 6) is 0. The summed E-state index contributed by atoms with van der Waals surface area (Å²) < 4.78 is 27.3. The molecule has 1 rings (SSSR count).